The number of benzene rings is 2. The summed E-state index contributed by atoms with van der Waals surface area (Å²) in [6, 6.07) is 7.05. The van der Waals surface area contributed by atoms with Crippen molar-refractivity contribution < 1.29 is 109 Å². The Hall–Kier alpha value is -3.83. The molecule has 4 aliphatic heterocycles. The lowest BCUT2D eigenvalue weighted by Crippen LogP contribution is -2.65. The summed E-state index contributed by atoms with van der Waals surface area (Å²) >= 11 is 0. The molecule has 23 heteroatoms. The third-order valence-electron chi connectivity index (χ3n) is 10.6. The van der Waals surface area contributed by atoms with Crippen LogP contribution >= 0.6 is 0 Å². The first kappa shape index (κ1) is 44.2. The number of phenols is 3. The molecule has 13 N–H and O–H groups in total. The molecule has 23 nitrogen and oxygen atoms in total. The minimum Gasteiger partial charge on any atom is -0.508 e. The molecule has 0 radical (unpaired) electrons. The van der Waals surface area contributed by atoms with Crippen LogP contribution in [0.25, 0.3) is 22.3 Å². The molecule has 3 aromatic rings. The van der Waals surface area contributed by atoms with Gasteiger partial charge in [0.05, 0.1) is 25.9 Å². The average Bonchev–Trinajstić information content (AvgIpc) is 3.21. The van der Waals surface area contributed by atoms with Crippen molar-refractivity contribution in [3.05, 3.63) is 46.6 Å². The standard InChI is InChI=1S/C37H46O23/c1-11-21(43)31(58-34-27(49)22(44)16(41)8-52-34)29(51)36(55-11)54-10-19-24(46)26(48)33(60-35-28(50)23(45)17(42)9-53-35)37(57-19)59-32-25(47)20-15(40)6-14(39)7-18(20)56-30(32)12-2-4-13(38)5-3-12/h2-7,11,16-17,19,21-24,26-29,31,33-46,48-51H,8-10H2,1H3/t11-,16+,17+,19+,21-,22-,23-,24+,26-,27+,28+,29+,31+,33+,34-,35-,36+,37-/m0/s1. The average molecular weight is 859 g/mol. The smallest absolute Gasteiger partial charge is 0.239 e. The van der Waals surface area contributed by atoms with Crippen LogP contribution in [0.1, 0.15) is 6.92 Å². The molecule has 2 aromatic carbocycles. The number of phenolic OH excluding ortho intramolecular Hbond substituents is 3. The van der Waals surface area contributed by atoms with Crippen LogP contribution in [0.15, 0.2) is 45.6 Å². The molecule has 4 fully saturated rings. The maximum absolute atomic E-state index is 14.1. The van der Waals surface area contributed by atoms with Crippen LogP contribution in [0.3, 0.4) is 0 Å². The first-order valence-corrected chi connectivity index (χ1v) is 18.7. The monoisotopic (exact) mass is 858 g/mol. The first-order chi connectivity index (χ1) is 28.4. The minimum absolute atomic E-state index is 0.106. The maximum atomic E-state index is 14.1. The van der Waals surface area contributed by atoms with Gasteiger partial charge in [0, 0.05) is 17.7 Å². The summed E-state index contributed by atoms with van der Waals surface area (Å²) < 4.78 is 51.4. The second-order valence-corrected chi connectivity index (χ2v) is 14.8. The Morgan fingerprint density at radius 1 is 0.633 bits per heavy atom. The van der Waals surface area contributed by atoms with Crippen molar-refractivity contribution in [2.75, 3.05) is 19.8 Å². The van der Waals surface area contributed by atoms with Gasteiger partial charge in [0.2, 0.25) is 17.5 Å². The number of hydrogen-bond acceptors (Lipinski definition) is 23. The molecule has 4 saturated heterocycles. The Bertz CT molecular complexity index is 2000. The van der Waals surface area contributed by atoms with Crippen molar-refractivity contribution in [2.24, 2.45) is 0 Å². The molecule has 0 amide bonds. The second-order valence-electron chi connectivity index (χ2n) is 14.8. The van der Waals surface area contributed by atoms with Crippen molar-refractivity contribution in [1.29, 1.82) is 0 Å². The van der Waals surface area contributed by atoms with E-state index in [1.807, 2.05) is 0 Å². The third kappa shape index (κ3) is 8.64. The van der Waals surface area contributed by atoms with Gasteiger partial charge in [0.15, 0.2) is 30.7 Å². The molecule has 7 rings (SSSR count). The molecule has 0 bridgehead atoms. The zero-order chi connectivity index (χ0) is 43.3. The Balaban J connectivity index is 1.19. The van der Waals surface area contributed by atoms with Crippen LogP contribution in [-0.4, -0.2) is 197 Å². The van der Waals surface area contributed by atoms with E-state index in [4.69, 9.17) is 42.3 Å². The van der Waals surface area contributed by atoms with Crippen molar-refractivity contribution in [1.82, 2.24) is 0 Å². The summed E-state index contributed by atoms with van der Waals surface area (Å²) in [5.41, 5.74) is -1.24. The van der Waals surface area contributed by atoms with Crippen molar-refractivity contribution in [2.45, 2.75) is 118 Å². The number of ether oxygens (including phenoxy) is 8. The molecule has 0 aliphatic carbocycles. The zero-order valence-corrected chi connectivity index (χ0v) is 31.4. The van der Waals surface area contributed by atoms with Crippen LogP contribution < -0.4 is 10.2 Å². The van der Waals surface area contributed by atoms with E-state index in [-0.39, 0.29) is 22.7 Å². The lowest BCUT2D eigenvalue weighted by molar-refractivity contribution is -0.360. The van der Waals surface area contributed by atoms with Crippen LogP contribution in [0.2, 0.25) is 0 Å². The van der Waals surface area contributed by atoms with Crippen molar-refractivity contribution in [3.63, 3.8) is 0 Å². The lowest BCUT2D eigenvalue weighted by Gasteiger charge is -2.46. The van der Waals surface area contributed by atoms with E-state index in [0.29, 0.717) is 0 Å². The van der Waals surface area contributed by atoms with E-state index < -0.39 is 158 Å². The molecule has 0 spiro atoms. The SMILES string of the molecule is C[C@@H]1O[C@@H](OC[C@H]2O[C@@H](Oc3c(-c4ccc(O)cc4)oc4cc(O)cc(O)c4c3=O)[C@H](O[C@@H]3OC[C@@H](O)[C@H](O)[C@H]3O)[C@@H](O)[C@@H]2O)[C@H](O)[C@H](O[C@@H]2OC[C@@H](O)[C@H](O)[C@H]2O)[C@H]1O. The summed E-state index contributed by atoms with van der Waals surface area (Å²) in [4.78, 5) is 14.1. The predicted molar refractivity (Wildman–Crippen MR) is 192 cm³/mol. The largest absolute Gasteiger partial charge is 0.508 e. The highest BCUT2D eigenvalue weighted by atomic mass is 16.8. The summed E-state index contributed by atoms with van der Waals surface area (Å²) in [6.07, 6.45) is -30.9. The van der Waals surface area contributed by atoms with Gasteiger partial charge in [-0.2, -0.15) is 0 Å². The fraction of sp³-hybridized carbons (Fsp3) is 0.595. The van der Waals surface area contributed by atoms with Gasteiger partial charge >= 0.3 is 0 Å². The Kier molecular flexibility index (Phi) is 13.2. The van der Waals surface area contributed by atoms with E-state index in [1.54, 1.807) is 0 Å². The van der Waals surface area contributed by atoms with E-state index in [9.17, 15) is 71.2 Å². The number of rotatable bonds is 10. The topological polar surface area (TPSA) is 367 Å². The fourth-order valence-electron chi connectivity index (χ4n) is 7.17. The highest BCUT2D eigenvalue weighted by Gasteiger charge is 2.52. The molecule has 5 heterocycles. The molecule has 0 saturated carbocycles. The second kappa shape index (κ2) is 17.9. The highest BCUT2D eigenvalue weighted by Crippen LogP contribution is 2.39. The molecule has 4 aliphatic rings. The molecular formula is C37H46O23. The number of aliphatic hydroxyl groups is 10. The first-order valence-electron chi connectivity index (χ1n) is 18.7. The van der Waals surface area contributed by atoms with Gasteiger partial charge in [0.25, 0.3) is 0 Å². The van der Waals surface area contributed by atoms with Gasteiger partial charge in [-0.15, -0.1) is 0 Å². The number of fused-ring (bicyclic) bond motifs is 1. The summed E-state index contributed by atoms with van der Waals surface area (Å²) in [7, 11) is 0. The number of aliphatic hydroxyl groups excluding tert-OH is 10. The highest BCUT2D eigenvalue weighted by molar-refractivity contribution is 5.88. The predicted octanol–water partition coefficient (Wildman–Crippen LogP) is -4.47. The van der Waals surface area contributed by atoms with Crippen molar-refractivity contribution >= 4 is 11.0 Å². The molecule has 1 aromatic heterocycles. The third-order valence-corrected chi connectivity index (χ3v) is 10.6. The molecule has 18 atom stereocenters. The Labute approximate surface area is 337 Å². The van der Waals surface area contributed by atoms with Gasteiger partial charge in [-0.3, -0.25) is 4.79 Å². The fourth-order valence-corrected chi connectivity index (χ4v) is 7.17. The lowest BCUT2D eigenvalue weighted by atomic mass is 9.97. The molecule has 0 unspecified atom stereocenters. The molecule has 332 valence electrons. The van der Waals surface area contributed by atoms with E-state index in [2.05, 4.69) is 0 Å². The van der Waals surface area contributed by atoms with Gasteiger partial charge in [-0.1, -0.05) is 0 Å². The minimum atomic E-state index is -2.06. The zero-order valence-electron chi connectivity index (χ0n) is 31.4. The van der Waals surface area contributed by atoms with Gasteiger partial charge < -0.3 is 109 Å². The number of aromatic hydroxyl groups is 3. The maximum Gasteiger partial charge on any atom is 0.239 e. The van der Waals surface area contributed by atoms with E-state index in [0.717, 1.165) is 12.1 Å². The number of hydrogen-bond donors (Lipinski definition) is 13. The van der Waals surface area contributed by atoms with Gasteiger partial charge in [-0.05, 0) is 31.2 Å². The molecular weight excluding hydrogens is 812 g/mol. The van der Waals surface area contributed by atoms with Crippen LogP contribution in [0.5, 0.6) is 23.0 Å². The van der Waals surface area contributed by atoms with Crippen LogP contribution in [-0.2, 0) is 33.2 Å². The Morgan fingerprint density at radius 3 is 1.85 bits per heavy atom. The van der Waals surface area contributed by atoms with Gasteiger partial charge in [0.1, 0.15) is 101 Å². The van der Waals surface area contributed by atoms with E-state index >= 15 is 0 Å². The van der Waals surface area contributed by atoms with Gasteiger partial charge in [-0.25, -0.2) is 0 Å². The summed E-state index contributed by atoms with van der Waals surface area (Å²) in [6.45, 7) is -0.352. The van der Waals surface area contributed by atoms with Crippen LogP contribution in [0, 0.1) is 0 Å². The Morgan fingerprint density at radius 2 is 1.23 bits per heavy atom. The molecule has 60 heavy (non-hydrogen) atoms. The summed E-state index contributed by atoms with van der Waals surface area (Å²) in [5, 5.41) is 136. The van der Waals surface area contributed by atoms with Crippen LogP contribution in [0.4, 0.5) is 0 Å². The normalized spacial score (nSPS) is 40.0. The van der Waals surface area contributed by atoms with Crippen molar-refractivity contribution in [3.8, 4) is 34.3 Å². The van der Waals surface area contributed by atoms with E-state index in [1.165, 1.54) is 31.2 Å². The quantitative estimate of drug-likeness (QED) is 0.0914. The summed E-state index contributed by atoms with van der Waals surface area (Å²) in [5.74, 6) is -2.42.